The van der Waals surface area contributed by atoms with E-state index >= 15 is 0 Å². The average molecular weight is 208 g/mol. The minimum Gasteiger partial charge on any atom is -0.268 e. The average Bonchev–Trinajstić information content (AvgIpc) is 2.03. The van der Waals surface area contributed by atoms with Gasteiger partial charge in [-0.3, -0.25) is 4.55 Å². The van der Waals surface area contributed by atoms with Crippen LogP contribution in [0.5, 0.6) is 0 Å². The Bertz CT molecular complexity index is 350. The third-order valence-corrected chi connectivity index (χ3v) is 2.50. The highest BCUT2D eigenvalue weighted by Gasteiger charge is 2.15. The normalized spacial score (nSPS) is 11.2. The van der Waals surface area contributed by atoms with Crippen molar-refractivity contribution in [3.8, 4) is 0 Å². The van der Waals surface area contributed by atoms with Crippen molar-refractivity contribution in [1.82, 2.24) is 0 Å². The van der Waals surface area contributed by atoms with Crippen LogP contribution < -0.4 is 3.82 Å². The summed E-state index contributed by atoms with van der Waals surface area (Å²) in [5, 5.41) is 0. The molecule has 0 aromatic heterocycles. The first-order valence-electron chi connectivity index (χ1n) is 3.00. The van der Waals surface area contributed by atoms with E-state index in [-0.39, 0.29) is 9.51 Å². The zero-order valence-corrected chi connectivity index (χ0v) is 7.46. The van der Waals surface area contributed by atoms with Crippen LogP contribution in [0.3, 0.4) is 0 Å². The van der Waals surface area contributed by atoms with E-state index in [1.807, 2.05) is 0 Å². The Hall–Kier alpha value is -0.780. The van der Waals surface area contributed by atoms with Gasteiger partial charge in [0, 0.05) is 11.8 Å². The molecule has 0 aliphatic carbocycles. The summed E-state index contributed by atoms with van der Waals surface area (Å²) in [6.07, 6.45) is 0. The van der Waals surface area contributed by atoms with E-state index in [1.54, 1.807) is 18.2 Å². The molecule has 0 aliphatic rings. The quantitative estimate of drug-likeness (QED) is 0.590. The maximum absolute atomic E-state index is 10.5. The summed E-state index contributed by atoms with van der Waals surface area (Å²) in [7, 11) is -4.36. The smallest absolute Gasteiger partial charge is 0.268 e. The van der Waals surface area contributed by atoms with Crippen LogP contribution in [0.4, 0.5) is 5.69 Å². The van der Waals surface area contributed by atoms with Gasteiger partial charge in [0.05, 0.1) is 5.69 Å². The number of para-hydroxylation sites is 1. The molecule has 0 bridgehead atoms. The van der Waals surface area contributed by atoms with E-state index in [0.29, 0.717) is 0 Å². The summed E-state index contributed by atoms with van der Waals surface area (Å²) in [4.78, 5) is 0. The number of hydrogen-bond acceptors (Lipinski definition) is 2. The predicted octanol–water partition coefficient (Wildman–Crippen LogP) is 1.45. The van der Waals surface area contributed by atoms with Gasteiger partial charge in [-0.15, -0.1) is 0 Å². The Morgan fingerprint density at radius 1 is 1.25 bits per heavy atom. The van der Waals surface area contributed by atoms with Crippen LogP contribution in [0, 0.1) is 0 Å². The van der Waals surface area contributed by atoms with Gasteiger partial charge < -0.3 is 0 Å². The van der Waals surface area contributed by atoms with Crippen molar-refractivity contribution in [3.63, 3.8) is 0 Å². The van der Waals surface area contributed by atoms with Gasteiger partial charge in [0.1, 0.15) is 0 Å². The molecule has 0 saturated heterocycles. The monoisotopic (exact) mass is 207 g/mol. The fraction of sp³-hybridized carbons (Fsp3) is 0. The summed E-state index contributed by atoms with van der Waals surface area (Å²) in [6, 6.07) is 7.84. The van der Waals surface area contributed by atoms with Gasteiger partial charge in [0.25, 0.3) is 0 Å². The summed E-state index contributed by atoms with van der Waals surface area (Å²) >= 11 is 5.28. The topological polar surface area (TPSA) is 57.6 Å². The van der Waals surface area contributed by atoms with Gasteiger partial charge >= 0.3 is 10.3 Å². The first kappa shape index (κ1) is 9.31. The minimum absolute atomic E-state index is 0.196. The number of rotatable bonds is 2. The second kappa shape index (κ2) is 3.30. The van der Waals surface area contributed by atoms with Crippen molar-refractivity contribution < 1.29 is 13.0 Å². The lowest BCUT2D eigenvalue weighted by molar-refractivity contribution is 0.485. The fourth-order valence-electron chi connectivity index (χ4n) is 0.678. The standard InChI is InChI=1S/C6H6ClNO3S/c7-8(12(9,10)11)6-4-2-1-3-5-6/h1-5H,(H,9,10,11). The molecule has 1 aromatic carbocycles. The molecule has 1 N–H and O–H groups in total. The largest absolute Gasteiger partial charge is 0.374 e. The molecule has 0 spiro atoms. The second-order valence-electron chi connectivity index (χ2n) is 2.03. The van der Waals surface area contributed by atoms with Crippen LogP contribution in [0.2, 0.25) is 0 Å². The minimum atomic E-state index is -4.36. The SMILES string of the molecule is O=S(=O)(O)N(Cl)c1ccccc1. The van der Waals surface area contributed by atoms with Crippen molar-refractivity contribution in [1.29, 1.82) is 0 Å². The summed E-state index contributed by atoms with van der Waals surface area (Å²) in [5.74, 6) is 0. The zero-order valence-electron chi connectivity index (χ0n) is 5.88. The molecule has 0 amide bonds. The molecule has 0 heterocycles. The van der Waals surface area contributed by atoms with E-state index in [2.05, 4.69) is 0 Å². The number of anilines is 1. The number of hydrogen-bond donors (Lipinski definition) is 1. The van der Waals surface area contributed by atoms with Crippen molar-refractivity contribution in [2.45, 2.75) is 0 Å². The second-order valence-corrected chi connectivity index (χ2v) is 3.83. The molecular weight excluding hydrogens is 202 g/mol. The molecular formula is C6H6ClNO3S. The molecule has 4 nitrogen and oxygen atoms in total. The van der Waals surface area contributed by atoms with Crippen LogP contribution in [0.1, 0.15) is 0 Å². The third kappa shape index (κ3) is 2.10. The first-order chi connectivity index (χ1) is 5.52. The van der Waals surface area contributed by atoms with Gasteiger partial charge in [0.15, 0.2) is 0 Å². The first-order valence-corrected chi connectivity index (χ1v) is 4.74. The molecule has 1 rings (SSSR count). The van der Waals surface area contributed by atoms with Crippen molar-refractivity contribution in [2.75, 3.05) is 3.82 Å². The van der Waals surface area contributed by atoms with Gasteiger partial charge in [0.2, 0.25) is 0 Å². The molecule has 0 unspecified atom stereocenters. The van der Waals surface area contributed by atoms with E-state index in [4.69, 9.17) is 16.3 Å². The molecule has 0 atom stereocenters. The Kier molecular flexibility index (Phi) is 2.56. The summed E-state index contributed by atoms with van der Waals surface area (Å²) in [5.41, 5.74) is 0.196. The van der Waals surface area contributed by atoms with E-state index in [1.165, 1.54) is 12.1 Å². The van der Waals surface area contributed by atoms with Gasteiger partial charge in [-0.2, -0.15) is 12.2 Å². The van der Waals surface area contributed by atoms with Crippen molar-refractivity contribution >= 4 is 27.8 Å². The van der Waals surface area contributed by atoms with Crippen molar-refractivity contribution in [3.05, 3.63) is 30.3 Å². The summed E-state index contributed by atoms with van der Waals surface area (Å²) in [6.45, 7) is 0. The number of nitrogens with zero attached hydrogens (tertiary/aromatic N) is 1. The molecule has 66 valence electrons. The lowest BCUT2D eigenvalue weighted by atomic mass is 10.3. The maximum Gasteiger partial charge on any atom is 0.374 e. The molecule has 0 aliphatic heterocycles. The highest BCUT2D eigenvalue weighted by atomic mass is 35.5. The van der Waals surface area contributed by atoms with Crippen LogP contribution >= 0.6 is 11.8 Å². The lowest BCUT2D eigenvalue weighted by Crippen LogP contribution is -2.19. The molecule has 12 heavy (non-hydrogen) atoms. The van der Waals surface area contributed by atoms with E-state index < -0.39 is 10.3 Å². The van der Waals surface area contributed by atoms with Crippen LogP contribution in [-0.2, 0) is 10.3 Å². The number of halogens is 1. The van der Waals surface area contributed by atoms with Gasteiger partial charge in [-0.05, 0) is 12.1 Å². The van der Waals surface area contributed by atoms with Crippen LogP contribution in [0.15, 0.2) is 30.3 Å². The van der Waals surface area contributed by atoms with Gasteiger partial charge in [-0.25, -0.2) is 0 Å². The Balaban J connectivity index is 3.02. The van der Waals surface area contributed by atoms with Crippen LogP contribution in [0.25, 0.3) is 0 Å². The van der Waals surface area contributed by atoms with Crippen LogP contribution in [-0.4, -0.2) is 13.0 Å². The lowest BCUT2D eigenvalue weighted by Gasteiger charge is -2.09. The Labute approximate surface area is 75.4 Å². The third-order valence-electron chi connectivity index (χ3n) is 1.16. The maximum atomic E-state index is 10.5. The predicted molar refractivity (Wildman–Crippen MR) is 46.3 cm³/mol. The highest BCUT2D eigenvalue weighted by molar-refractivity contribution is 7.88. The Morgan fingerprint density at radius 3 is 2.17 bits per heavy atom. The molecule has 6 heteroatoms. The molecule has 1 aromatic rings. The number of benzene rings is 1. The van der Waals surface area contributed by atoms with Crippen molar-refractivity contribution in [2.24, 2.45) is 0 Å². The fourth-order valence-corrected chi connectivity index (χ4v) is 1.18. The Morgan fingerprint density at radius 2 is 1.75 bits per heavy atom. The summed E-state index contributed by atoms with van der Waals surface area (Å²) < 4.78 is 29.7. The highest BCUT2D eigenvalue weighted by Crippen LogP contribution is 2.18. The van der Waals surface area contributed by atoms with E-state index in [9.17, 15) is 8.42 Å². The molecule has 0 radical (unpaired) electrons. The molecule has 0 saturated carbocycles. The zero-order chi connectivity index (χ0) is 9.19. The molecule has 0 fully saturated rings. The van der Waals surface area contributed by atoms with E-state index in [0.717, 1.165) is 0 Å². The van der Waals surface area contributed by atoms with Gasteiger partial charge in [-0.1, -0.05) is 18.2 Å².